The van der Waals surface area contributed by atoms with E-state index in [1.165, 1.54) is 12.5 Å². The number of carboxylic acid groups (broad SMARTS) is 1. The highest BCUT2D eigenvalue weighted by Crippen LogP contribution is 2.20. The van der Waals surface area contributed by atoms with Crippen molar-refractivity contribution in [1.82, 2.24) is 41.5 Å². The zero-order valence-corrected chi connectivity index (χ0v) is 29.4. The lowest BCUT2D eigenvalue weighted by Crippen LogP contribution is -2.61. The zero-order chi connectivity index (χ0) is 39.8. The van der Waals surface area contributed by atoms with Crippen LogP contribution in [0.4, 0.5) is 0 Å². The average molecular weight is 755 g/mol. The number of nitrogens with one attached hydrogen (secondary N) is 6. The molecule has 53 heavy (non-hydrogen) atoms. The number of aromatic amines is 1. The van der Waals surface area contributed by atoms with E-state index in [0.717, 1.165) is 4.90 Å². The van der Waals surface area contributed by atoms with Crippen LogP contribution in [0.2, 0.25) is 0 Å². The van der Waals surface area contributed by atoms with Crippen LogP contribution in [0.15, 0.2) is 12.5 Å². The molecule has 296 valence electrons. The summed E-state index contributed by atoms with van der Waals surface area (Å²) in [5.41, 5.74) is 11.6. The number of primary amides is 1. The van der Waals surface area contributed by atoms with Gasteiger partial charge < -0.3 is 68.4 Å². The summed E-state index contributed by atoms with van der Waals surface area (Å²) < 4.78 is 0. The molecule has 1 aliphatic rings. The Morgan fingerprint density at radius 1 is 0.830 bits per heavy atom. The minimum absolute atomic E-state index is 0.00690. The zero-order valence-electron chi connectivity index (χ0n) is 29.4. The number of nitrogens with two attached hydrogens (primary N) is 2. The van der Waals surface area contributed by atoms with Crippen LogP contribution in [-0.2, 0) is 44.8 Å². The Morgan fingerprint density at radius 3 is 1.75 bits per heavy atom. The van der Waals surface area contributed by atoms with E-state index >= 15 is 0 Å². The highest BCUT2D eigenvalue weighted by molar-refractivity contribution is 5.97. The van der Waals surface area contributed by atoms with E-state index < -0.39 is 109 Å². The maximum atomic E-state index is 13.3. The number of amides is 7. The molecule has 1 aromatic rings. The fourth-order valence-corrected chi connectivity index (χ4v) is 5.41. The van der Waals surface area contributed by atoms with Gasteiger partial charge in [-0.05, 0) is 31.6 Å². The van der Waals surface area contributed by atoms with Gasteiger partial charge in [-0.25, -0.2) is 9.78 Å². The molecule has 14 N–H and O–H groups in total. The summed E-state index contributed by atoms with van der Waals surface area (Å²) in [5.74, 6) is -7.98. The number of aromatic nitrogens is 2. The predicted octanol–water partition coefficient (Wildman–Crippen LogP) is -5.93. The SMILES string of the molecule is CC(C)C[C@H](NC(=O)[C@H](CO)NC(=O)[C@H](CO)NC(=O)[C@H](CO)NC(=O)[C@H](CCC(N)=O)NC(=O)[C@@H](N)Cc1c[nH]cn1)C(=O)N1CCC[C@H]1C(=O)O. The molecule has 0 aromatic carbocycles. The fourth-order valence-electron chi connectivity index (χ4n) is 5.41. The van der Waals surface area contributed by atoms with Gasteiger partial charge in [-0.2, -0.15) is 0 Å². The number of carboxylic acids is 1. The Balaban J connectivity index is 2.08. The van der Waals surface area contributed by atoms with E-state index in [2.05, 4.69) is 36.6 Å². The smallest absolute Gasteiger partial charge is 0.326 e. The second kappa shape index (κ2) is 21.4. The van der Waals surface area contributed by atoms with Gasteiger partial charge in [0.1, 0.15) is 36.3 Å². The normalized spacial score (nSPS) is 17.4. The van der Waals surface area contributed by atoms with Crippen LogP contribution < -0.4 is 38.1 Å². The van der Waals surface area contributed by atoms with Crippen molar-refractivity contribution in [2.75, 3.05) is 26.4 Å². The van der Waals surface area contributed by atoms with Crippen molar-refractivity contribution >= 4 is 47.3 Å². The molecule has 1 aromatic heterocycles. The van der Waals surface area contributed by atoms with Gasteiger partial charge in [0, 0.05) is 25.6 Å². The van der Waals surface area contributed by atoms with Gasteiger partial charge in [-0.15, -0.1) is 0 Å². The van der Waals surface area contributed by atoms with E-state index in [4.69, 9.17) is 11.5 Å². The predicted molar refractivity (Wildman–Crippen MR) is 181 cm³/mol. The molecule has 7 amide bonds. The lowest BCUT2D eigenvalue weighted by Gasteiger charge is -2.29. The van der Waals surface area contributed by atoms with Crippen LogP contribution in [0.25, 0.3) is 0 Å². The summed E-state index contributed by atoms with van der Waals surface area (Å²) in [6.45, 7) is 0.644. The first-order chi connectivity index (χ1) is 25.0. The molecule has 1 saturated heterocycles. The number of nitrogens with zero attached hydrogens (tertiary/aromatic N) is 2. The fraction of sp³-hybridized carbons (Fsp3) is 0.645. The third-order valence-electron chi connectivity index (χ3n) is 8.22. The minimum atomic E-state index is -1.78. The number of aliphatic hydroxyl groups is 3. The Labute approximate surface area is 304 Å². The number of hydrogen-bond acceptors (Lipinski definition) is 13. The number of aliphatic carboxylic acids is 1. The van der Waals surface area contributed by atoms with E-state index in [1.54, 1.807) is 13.8 Å². The molecular formula is C31H50N10O12. The minimum Gasteiger partial charge on any atom is -0.480 e. The van der Waals surface area contributed by atoms with Crippen LogP contribution in [0, 0.1) is 5.92 Å². The van der Waals surface area contributed by atoms with Gasteiger partial charge >= 0.3 is 5.97 Å². The molecule has 0 aliphatic carbocycles. The van der Waals surface area contributed by atoms with Gasteiger partial charge in [0.15, 0.2) is 0 Å². The Morgan fingerprint density at radius 2 is 1.32 bits per heavy atom. The van der Waals surface area contributed by atoms with Crippen LogP contribution in [0.5, 0.6) is 0 Å². The third-order valence-corrected chi connectivity index (χ3v) is 8.22. The summed E-state index contributed by atoms with van der Waals surface area (Å²) >= 11 is 0. The van der Waals surface area contributed by atoms with Gasteiger partial charge in [0.2, 0.25) is 41.4 Å². The maximum Gasteiger partial charge on any atom is 0.326 e. The van der Waals surface area contributed by atoms with Crippen molar-refractivity contribution in [1.29, 1.82) is 0 Å². The van der Waals surface area contributed by atoms with Gasteiger partial charge in [-0.1, -0.05) is 13.8 Å². The molecule has 22 nitrogen and oxygen atoms in total. The molecule has 0 unspecified atom stereocenters. The number of likely N-dealkylation sites (tertiary alicyclic amines) is 1. The average Bonchev–Trinajstić information content (AvgIpc) is 3.81. The molecular weight excluding hydrogens is 704 g/mol. The number of rotatable bonds is 22. The summed E-state index contributed by atoms with van der Waals surface area (Å²) in [6.07, 6.45) is 3.00. The monoisotopic (exact) mass is 754 g/mol. The van der Waals surface area contributed by atoms with Crippen molar-refractivity contribution in [3.63, 3.8) is 0 Å². The molecule has 0 radical (unpaired) electrons. The molecule has 2 heterocycles. The molecule has 1 aliphatic heterocycles. The maximum absolute atomic E-state index is 13.3. The van der Waals surface area contributed by atoms with Crippen molar-refractivity contribution < 1.29 is 58.8 Å². The molecule has 0 bridgehead atoms. The number of aliphatic hydroxyl groups excluding tert-OH is 3. The Hall–Kier alpha value is -5.19. The lowest BCUT2D eigenvalue weighted by molar-refractivity contribution is -0.149. The quantitative estimate of drug-likeness (QED) is 0.0525. The topological polar surface area (TPSA) is 362 Å². The Kier molecular flexibility index (Phi) is 17.7. The molecule has 1 fully saturated rings. The first-order valence-electron chi connectivity index (χ1n) is 16.9. The molecule has 0 spiro atoms. The second-order valence-electron chi connectivity index (χ2n) is 12.9. The van der Waals surface area contributed by atoms with Crippen molar-refractivity contribution in [3.05, 3.63) is 18.2 Å². The number of H-pyrrole nitrogens is 1. The first kappa shape index (κ1) is 44.0. The highest BCUT2D eigenvalue weighted by atomic mass is 16.4. The third kappa shape index (κ3) is 13.7. The van der Waals surface area contributed by atoms with E-state index in [0.29, 0.717) is 12.1 Å². The number of carbonyl (C=O) groups is 8. The number of carbonyl (C=O) groups excluding carboxylic acids is 7. The summed E-state index contributed by atoms with van der Waals surface area (Å²) in [4.78, 5) is 109. The standard InChI is InChI=1S/C31H50N10O12/c1-15(2)8-19(30(51)41-7-3-4-23(41)31(52)53)37-27(48)20(11-42)39-29(50)22(13-44)40-28(49)21(12-43)38-26(47)18(5-6-24(33)45)36-25(46)17(32)9-16-10-34-14-35-16/h10,14-15,17-23,42-44H,3-9,11-13,32H2,1-2H3,(H2,33,45)(H,34,35)(H,36,46)(H,37,48)(H,38,47)(H,39,50)(H,40,49)(H,52,53)/t17-,18-,19-,20-,21-,22-,23-/m0/s1. The molecule has 2 rings (SSSR count). The number of hydrogen-bond donors (Lipinski definition) is 12. The van der Waals surface area contributed by atoms with Crippen LogP contribution in [0.3, 0.4) is 0 Å². The van der Waals surface area contributed by atoms with Crippen molar-refractivity contribution in [3.8, 4) is 0 Å². The van der Waals surface area contributed by atoms with E-state index in [9.17, 15) is 58.8 Å². The van der Waals surface area contributed by atoms with E-state index in [-0.39, 0.29) is 44.6 Å². The first-order valence-corrected chi connectivity index (χ1v) is 16.9. The van der Waals surface area contributed by atoms with E-state index in [1.807, 2.05) is 0 Å². The molecule has 7 atom stereocenters. The summed E-state index contributed by atoms with van der Waals surface area (Å²) in [5, 5.41) is 50.4. The van der Waals surface area contributed by atoms with Gasteiger partial charge in [0.05, 0.1) is 37.9 Å². The Bertz CT molecular complexity index is 1440. The molecule has 0 saturated carbocycles. The van der Waals surface area contributed by atoms with Gasteiger partial charge in [0.25, 0.3) is 0 Å². The van der Waals surface area contributed by atoms with Crippen LogP contribution in [-0.4, -0.2) is 151 Å². The van der Waals surface area contributed by atoms with Crippen LogP contribution >= 0.6 is 0 Å². The molecule has 22 heteroatoms. The van der Waals surface area contributed by atoms with Crippen molar-refractivity contribution in [2.24, 2.45) is 17.4 Å². The van der Waals surface area contributed by atoms with Crippen LogP contribution in [0.1, 0.15) is 51.6 Å². The van der Waals surface area contributed by atoms with Gasteiger partial charge in [-0.3, -0.25) is 33.6 Å². The summed E-state index contributed by atoms with van der Waals surface area (Å²) in [7, 11) is 0. The largest absolute Gasteiger partial charge is 0.480 e. The lowest BCUT2D eigenvalue weighted by atomic mass is 10.0. The highest BCUT2D eigenvalue weighted by Gasteiger charge is 2.39. The summed E-state index contributed by atoms with van der Waals surface area (Å²) in [6, 6.07) is -10.1. The second-order valence-corrected chi connectivity index (χ2v) is 12.9. The van der Waals surface area contributed by atoms with Crippen molar-refractivity contribution in [2.45, 2.75) is 94.7 Å². The number of imidazole rings is 1.